The zero-order valence-electron chi connectivity index (χ0n) is 14.2. The molecule has 1 aliphatic heterocycles. The van der Waals surface area contributed by atoms with Crippen LogP contribution in [-0.4, -0.2) is 70.4 Å². The van der Waals surface area contributed by atoms with E-state index in [2.05, 4.69) is 24.8 Å². The fourth-order valence-corrected chi connectivity index (χ4v) is 2.93. The molecule has 3 rings (SSSR count). The number of hydrogen-bond acceptors (Lipinski definition) is 6. The van der Waals surface area contributed by atoms with Crippen LogP contribution < -0.4 is 4.90 Å². The maximum Gasteiger partial charge on any atom is 0.236 e. The summed E-state index contributed by atoms with van der Waals surface area (Å²) in [6, 6.07) is 5.52. The van der Waals surface area contributed by atoms with Gasteiger partial charge in [0.05, 0.1) is 6.54 Å². The lowest BCUT2D eigenvalue weighted by atomic mass is 10.2. The molecule has 0 spiro atoms. The first-order chi connectivity index (χ1) is 12.1. The molecule has 8 heteroatoms. The summed E-state index contributed by atoms with van der Waals surface area (Å²) in [7, 11) is 1.79. The highest BCUT2D eigenvalue weighted by Gasteiger charge is 2.22. The molecule has 2 aromatic heterocycles. The lowest BCUT2D eigenvalue weighted by molar-refractivity contribution is -0.131. The molecule has 1 saturated heterocycles. The number of nitrogens with zero attached hydrogens (tertiary/aromatic N) is 6. The van der Waals surface area contributed by atoms with Gasteiger partial charge >= 0.3 is 0 Å². The Kier molecular flexibility index (Phi) is 5.78. The Hall–Kier alpha value is -2.25. The van der Waals surface area contributed by atoms with Gasteiger partial charge in [-0.1, -0.05) is 17.7 Å². The van der Waals surface area contributed by atoms with Crippen LogP contribution in [0.25, 0.3) is 0 Å². The number of aromatic nitrogens is 3. The van der Waals surface area contributed by atoms with E-state index in [-0.39, 0.29) is 5.91 Å². The average Bonchev–Trinajstić information content (AvgIpc) is 2.65. The molecule has 25 heavy (non-hydrogen) atoms. The summed E-state index contributed by atoms with van der Waals surface area (Å²) >= 11 is 6.06. The highest BCUT2D eigenvalue weighted by molar-refractivity contribution is 6.30. The molecule has 3 heterocycles. The van der Waals surface area contributed by atoms with E-state index >= 15 is 0 Å². The van der Waals surface area contributed by atoms with Crippen LogP contribution in [0, 0.1) is 0 Å². The third-order valence-electron chi connectivity index (χ3n) is 4.24. The number of carbonyl (C=O) groups is 1. The predicted octanol–water partition coefficient (Wildman–Crippen LogP) is 1.31. The number of hydrogen-bond donors (Lipinski definition) is 0. The van der Waals surface area contributed by atoms with Gasteiger partial charge < -0.3 is 9.80 Å². The summed E-state index contributed by atoms with van der Waals surface area (Å²) in [6.45, 7) is 4.11. The molecule has 0 unspecified atom stereocenters. The second kappa shape index (κ2) is 8.22. The lowest BCUT2D eigenvalue weighted by Gasteiger charge is -2.34. The van der Waals surface area contributed by atoms with E-state index in [1.807, 2.05) is 18.2 Å². The van der Waals surface area contributed by atoms with Crippen LogP contribution in [0.1, 0.15) is 5.56 Å². The SMILES string of the molecule is CN(Cc1cccnc1Cl)C(=O)CN1CCN(c2ncccn2)CC1. The molecule has 0 N–H and O–H groups in total. The van der Waals surface area contributed by atoms with Gasteiger partial charge in [-0.05, 0) is 12.1 Å². The fraction of sp³-hybridized carbons (Fsp3) is 0.412. The highest BCUT2D eigenvalue weighted by Crippen LogP contribution is 2.14. The van der Waals surface area contributed by atoms with Gasteiger partial charge in [-0.15, -0.1) is 0 Å². The molecule has 0 bridgehead atoms. The van der Waals surface area contributed by atoms with Gasteiger partial charge in [0.2, 0.25) is 11.9 Å². The van der Waals surface area contributed by atoms with Gasteiger partial charge in [0.15, 0.2) is 0 Å². The molecule has 0 radical (unpaired) electrons. The zero-order valence-corrected chi connectivity index (χ0v) is 14.9. The van der Waals surface area contributed by atoms with Crippen molar-refractivity contribution >= 4 is 23.5 Å². The highest BCUT2D eigenvalue weighted by atomic mass is 35.5. The second-order valence-electron chi connectivity index (χ2n) is 6.02. The standard InChI is InChI=1S/C17H21ClN6O/c1-22(12-14-4-2-5-19-16(14)18)15(25)13-23-8-10-24(11-9-23)17-20-6-3-7-21-17/h2-7H,8-13H2,1H3. The number of rotatable bonds is 5. The summed E-state index contributed by atoms with van der Waals surface area (Å²) in [5, 5.41) is 0.443. The van der Waals surface area contributed by atoms with E-state index in [0.29, 0.717) is 18.2 Å². The number of carbonyl (C=O) groups excluding carboxylic acids is 1. The molecular weight excluding hydrogens is 340 g/mol. The van der Waals surface area contributed by atoms with Gasteiger partial charge in [0.1, 0.15) is 5.15 Å². The first-order valence-electron chi connectivity index (χ1n) is 8.21. The maximum atomic E-state index is 12.5. The molecule has 0 saturated carbocycles. The molecule has 1 aliphatic rings. The van der Waals surface area contributed by atoms with Crippen molar-refractivity contribution in [2.45, 2.75) is 6.54 Å². The van der Waals surface area contributed by atoms with Crippen LogP contribution in [0.15, 0.2) is 36.8 Å². The minimum atomic E-state index is 0.0735. The van der Waals surface area contributed by atoms with Gasteiger partial charge in [-0.25, -0.2) is 15.0 Å². The van der Waals surface area contributed by atoms with Crippen molar-refractivity contribution in [3.8, 4) is 0 Å². The summed E-state index contributed by atoms with van der Waals surface area (Å²) in [5.41, 5.74) is 0.853. The Morgan fingerprint density at radius 2 is 1.80 bits per heavy atom. The van der Waals surface area contributed by atoms with E-state index in [4.69, 9.17) is 11.6 Å². The fourth-order valence-electron chi connectivity index (χ4n) is 2.75. The second-order valence-corrected chi connectivity index (χ2v) is 6.37. The van der Waals surface area contributed by atoms with Crippen molar-refractivity contribution in [3.63, 3.8) is 0 Å². The third kappa shape index (κ3) is 4.64. The molecular formula is C17H21ClN6O. The molecule has 1 amide bonds. The number of anilines is 1. The van der Waals surface area contributed by atoms with Crippen LogP contribution in [0.5, 0.6) is 0 Å². The summed E-state index contributed by atoms with van der Waals surface area (Å²) in [5.74, 6) is 0.821. The Bertz CT molecular complexity index is 705. The Morgan fingerprint density at radius 3 is 2.48 bits per heavy atom. The Labute approximate surface area is 152 Å². The number of piperazine rings is 1. The van der Waals surface area contributed by atoms with E-state index < -0.39 is 0 Å². The molecule has 2 aromatic rings. The largest absolute Gasteiger partial charge is 0.340 e. The van der Waals surface area contributed by atoms with E-state index in [1.165, 1.54) is 0 Å². The minimum Gasteiger partial charge on any atom is -0.340 e. The molecule has 132 valence electrons. The Morgan fingerprint density at radius 1 is 1.12 bits per heavy atom. The molecule has 7 nitrogen and oxygen atoms in total. The first-order valence-corrected chi connectivity index (χ1v) is 8.59. The first kappa shape index (κ1) is 17.6. The zero-order chi connectivity index (χ0) is 17.6. The normalized spacial score (nSPS) is 15.2. The lowest BCUT2D eigenvalue weighted by Crippen LogP contribution is -2.50. The smallest absolute Gasteiger partial charge is 0.236 e. The summed E-state index contributed by atoms with van der Waals surface area (Å²) in [4.78, 5) is 31.0. The van der Waals surface area contributed by atoms with Crippen LogP contribution >= 0.6 is 11.6 Å². The minimum absolute atomic E-state index is 0.0735. The van der Waals surface area contributed by atoms with E-state index in [0.717, 1.165) is 37.7 Å². The van der Waals surface area contributed by atoms with Crippen molar-refractivity contribution in [1.82, 2.24) is 24.8 Å². The number of halogens is 1. The van der Waals surface area contributed by atoms with Crippen molar-refractivity contribution < 1.29 is 4.79 Å². The molecule has 0 atom stereocenters. The number of pyridine rings is 1. The number of amides is 1. The van der Waals surface area contributed by atoms with Crippen molar-refractivity contribution in [1.29, 1.82) is 0 Å². The van der Waals surface area contributed by atoms with E-state index in [9.17, 15) is 4.79 Å². The van der Waals surface area contributed by atoms with Crippen LogP contribution in [0.4, 0.5) is 5.95 Å². The predicted molar refractivity (Wildman–Crippen MR) is 96.4 cm³/mol. The molecule has 1 fully saturated rings. The maximum absolute atomic E-state index is 12.5. The van der Waals surface area contributed by atoms with Crippen molar-refractivity contribution in [2.75, 3.05) is 44.7 Å². The van der Waals surface area contributed by atoms with Crippen molar-refractivity contribution in [2.24, 2.45) is 0 Å². The van der Waals surface area contributed by atoms with Crippen LogP contribution in [0.2, 0.25) is 5.15 Å². The monoisotopic (exact) mass is 360 g/mol. The average molecular weight is 361 g/mol. The quantitative estimate of drug-likeness (QED) is 0.749. The van der Waals surface area contributed by atoms with Crippen molar-refractivity contribution in [3.05, 3.63) is 47.5 Å². The number of likely N-dealkylation sites (N-methyl/N-ethyl adjacent to an activating group) is 1. The summed E-state index contributed by atoms with van der Waals surface area (Å²) < 4.78 is 0. The van der Waals surface area contributed by atoms with Gasteiger partial charge in [-0.3, -0.25) is 9.69 Å². The third-order valence-corrected chi connectivity index (χ3v) is 4.58. The Balaban J connectivity index is 1.48. The van der Waals surface area contributed by atoms with Crippen LogP contribution in [0.3, 0.4) is 0 Å². The topological polar surface area (TPSA) is 65.5 Å². The van der Waals surface area contributed by atoms with Crippen LogP contribution in [-0.2, 0) is 11.3 Å². The summed E-state index contributed by atoms with van der Waals surface area (Å²) in [6.07, 6.45) is 5.14. The van der Waals surface area contributed by atoms with Gasteiger partial charge in [0, 0.05) is 63.9 Å². The molecule has 0 aromatic carbocycles. The van der Waals surface area contributed by atoms with Gasteiger partial charge in [-0.2, -0.15) is 0 Å². The van der Waals surface area contributed by atoms with Gasteiger partial charge in [0.25, 0.3) is 0 Å². The molecule has 0 aliphatic carbocycles. The van der Waals surface area contributed by atoms with E-state index in [1.54, 1.807) is 30.5 Å².